The van der Waals surface area contributed by atoms with Gasteiger partial charge in [-0.05, 0) is 31.0 Å². The minimum Gasteiger partial charge on any atom is -0.382 e. The quantitative estimate of drug-likeness (QED) is 0.784. The van der Waals surface area contributed by atoms with Crippen molar-refractivity contribution in [2.45, 2.75) is 26.4 Å². The summed E-state index contributed by atoms with van der Waals surface area (Å²) in [6.07, 6.45) is -0.402. The molecule has 0 amide bonds. The molecule has 0 aliphatic carbocycles. The lowest BCUT2D eigenvalue weighted by Crippen LogP contribution is -2.14. The van der Waals surface area contributed by atoms with Crippen LogP contribution in [0.3, 0.4) is 0 Å². The van der Waals surface area contributed by atoms with Crippen molar-refractivity contribution < 1.29 is 8.78 Å². The van der Waals surface area contributed by atoms with Gasteiger partial charge in [0, 0.05) is 12.2 Å². The van der Waals surface area contributed by atoms with E-state index in [1.54, 1.807) is 26.0 Å². The summed E-state index contributed by atoms with van der Waals surface area (Å²) >= 11 is 0. The standard InChI is InChI=1S/C11H15F2N/c1-3-9(12)7-14-10-5-4-8(2)11(13)6-10/h4-6,9,14H,3,7H2,1-2H3. The maximum atomic E-state index is 13.1. The van der Waals surface area contributed by atoms with Gasteiger partial charge in [0.15, 0.2) is 0 Å². The number of anilines is 1. The van der Waals surface area contributed by atoms with Gasteiger partial charge in [0.1, 0.15) is 12.0 Å². The van der Waals surface area contributed by atoms with Crippen LogP contribution in [0.15, 0.2) is 18.2 Å². The molecule has 0 bridgehead atoms. The van der Waals surface area contributed by atoms with Crippen molar-refractivity contribution in [1.82, 2.24) is 0 Å². The highest BCUT2D eigenvalue weighted by Crippen LogP contribution is 2.13. The van der Waals surface area contributed by atoms with Crippen molar-refractivity contribution in [3.05, 3.63) is 29.6 Å². The first-order valence-corrected chi connectivity index (χ1v) is 4.77. The van der Waals surface area contributed by atoms with Crippen LogP contribution in [0.2, 0.25) is 0 Å². The van der Waals surface area contributed by atoms with Crippen LogP contribution in [0.4, 0.5) is 14.5 Å². The van der Waals surface area contributed by atoms with E-state index in [-0.39, 0.29) is 12.4 Å². The minimum absolute atomic E-state index is 0.235. The third kappa shape index (κ3) is 2.98. The summed E-state index contributed by atoms with van der Waals surface area (Å²) in [5.74, 6) is -0.262. The molecule has 1 N–H and O–H groups in total. The van der Waals surface area contributed by atoms with Crippen LogP contribution in [-0.2, 0) is 0 Å². The maximum absolute atomic E-state index is 13.1. The molecule has 0 saturated carbocycles. The first-order valence-electron chi connectivity index (χ1n) is 4.77. The number of halogens is 2. The molecule has 0 saturated heterocycles. The highest BCUT2D eigenvalue weighted by Gasteiger charge is 2.03. The number of aryl methyl sites for hydroxylation is 1. The zero-order valence-electron chi connectivity index (χ0n) is 8.48. The van der Waals surface area contributed by atoms with Crippen molar-refractivity contribution in [3.63, 3.8) is 0 Å². The Morgan fingerprint density at radius 1 is 1.43 bits per heavy atom. The van der Waals surface area contributed by atoms with E-state index in [2.05, 4.69) is 5.32 Å². The molecule has 1 aromatic carbocycles. The minimum atomic E-state index is -0.876. The maximum Gasteiger partial charge on any atom is 0.128 e. The molecular weight excluding hydrogens is 184 g/mol. The van der Waals surface area contributed by atoms with Crippen LogP contribution in [-0.4, -0.2) is 12.7 Å². The number of nitrogens with one attached hydrogen (secondary N) is 1. The Morgan fingerprint density at radius 3 is 2.71 bits per heavy atom. The number of hydrogen-bond donors (Lipinski definition) is 1. The first kappa shape index (κ1) is 11.0. The average molecular weight is 199 g/mol. The molecule has 14 heavy (non-hydrogen) atoms. The molecule has 0 aromatic heterocycles. The highest BCUT2D eigenvalue weighted by molar-refractivity contribution is 5.45. The van der Waals surface area contributed by atoms with E-state index < -0.39 is 6.17 Å². The Kier molecular flexibility index (Phi) is 3.86. The largest absolute Gasteiger partial charge is 0.382 e. The zero-order valence-corrected chi connectivity index (χ0v) is 8.48. The molecular formula is C11H15F2N. The van der Waals surface area contributed by atoms with Crippen LogP contribution in [0.5, 0.6) is 0 Å². The lowest BCUT2D eigenvalue weighted by molar-refractivity contribution is 0.340. The summed E-state index contributed by atoms with van der Waals surface area (Å²) in [4.78, 5) is 0. The molecule has 1 aromatic rings. The van der Waals surface area contributed by atoms with Crippen molar-refractivity contribution >= 4 is 5.69 Å². The van der Waals surface area contributed by atoms with E-state index >= 15 is 0 Å². The molecule has 0 aliphatic rings. The summed E-state index contributed by atoms with van der Waals surface area (Å²) in [6.45, 7) is 3.71. The van der Waals surface area contributed by atoms with Gasteiger partial charge < -0.3 is 5.32 Å². The second-order valence-electron chi connectivity index (χ2n) is 3.35. The number of rotatable bonds is 4. The summed E-state index contributed by atoms with van der Waals surface area (Å²) in [5.41, 5.74) is 1.23. The van der Waals surface area contributed by atoms with Gasteiger partial charge in [0.2, 0.25) is 0 Å². The van der Waals surface area contributed by atoms with Crippen LogP contribution < -0.4 is 5.32 Å². The lowest BCUT2D eigenvalue weighted by atomic mass is 10.2. The smallest absolute Gasteiger partial charge is 0.128 e. The summed E-state index contributed by atoms with van der Waals surface area (Å²) in [5, 5.41) is 2.85. The Labute approximate surface area is 83.1 Å². The van der Waals surface area contributed by atoms with Crippen LogP contribution in [0, 0.1) is 12.7 Å². The predicted octanol–water partition coefficient (Wildman–Crippen LogP) is 3.29. The summed E-state index contributed by atoms with van der Waals surface area (Å²) < 4.78 is 25.9. The monoisotopic (exact) mass is 199 g/mol. The third-order valence-electron chi connectivity index (χ3n) is 2.14. The topological polar surface area (TPSA) is 12.0 Å². The summed E-state index contributed by atoms with van der Waals surface area (Å²) in [6, 6.07) is 4.81. The van der Waals surface area contributed by atoms with Crippen LogP contribution in [0.1, 0.15) is 18.9 Å². The predicted molar refractivity (Wildman–Crippen MR) is 54.8 cm³/mol. The average Bonchev–Trinajstić information content (AvgIpc) is 2.19. The van der Waals surface area contributed by atoms with E-state index in [9.17, 15) is 8.78 Å². The molecule has 0 aliphatic heterocycles. The fraction of sp³-hybridized carbons (Fsp3) is 0.455. The van der Waals surface area contributed by atoms with Gasteiger partial charge in [-0.2, -0.15) is 0 Å². The van der Waals surface area contributed by atoms with Crippen LogP contribution in [0.25, 0.3) is 0 Å². The molecule has 0 heterocycles. The molecule has 0 spiro atoms. The molecule has 0 fully saturated rings. The van der Waals surface area contributed by atoms with Gasteiger partial charge in [0.05, 0.1) is 0 Å². The normalized spacial score (nSPS) is 12.6. The molecule has 1 rings (SSSR count). The highest BCUT2D eigenvalue weighted by atomic mass is 19.1. The number of alkyl halides is 1. The van der Waals surface area contributed by atoms with Gasteiger partial charge in [-0.15, -0.1) is 0 Å². The number of benzene rings is 1. The Morgan fingerprint density at radius 2 is 2.14 bits per heavy atom. The van der Waals surface area contributed by atoms with E-state index in [0.29, 0.717) is 17.7 Å². The van der Waals surface area contributed by atoms with Crippen molar-refractivity contribution in [3.8, 4) is 0 Å². The Hall–Kier alpha value is -1.12. The Balaban J connectivity index is 2.55. The van der Waals surface area contributed by atoms with Gasteiger partial charge in [-0.25, -0.2) is 8.78 Å². The SMILES string of the molecule is CCC(F)CNc1ccc(C)c(F)c1. The number of hydrogen-bond acceptors (Lipinski definition) is 1. The molecule has 1 atom stereocenters. The van der Waals surface area contributed by atoms with Crippen molar-refractivity contribution in [2.24, 2.45) is 0 Å². The molecule has 1 unspecified atom stereocenters. The van der Waals surface area contributed by atoms with Crippen LogP contribution >= 0.6 is 0 Å². The van der Waals surface area contributed by atoms with Gasteiger partial charge >= 0.3 is 0 Å². The molecule has 1 nitrogen and oxygen atoms in total. The van der Waals surface area contributed by atoms with Gasteiger partial charge in [-0.3, -0.25) is 0 Å². The van der Waals surface area contributed by atoms with E-state index in [4.69, 9.17) is 0 Å². The summed E-state index contributed by atoms with van der Waals surface area (Å²) in [7, 11) is 0. The molecule has 3 heteroatoms. The fourth-order valence-corrected chi connectivity index (χ4v) is 1.08. The van der Waals surface area contributed by atoms with Gasteiger partial charge in [0.25, 0.3) is 0 Å². The van der Waals surface area contributed by atoms with E-state index in [1.807, 2.05) is 0 Å². The van der Waals surface area contributed by atoms with Gasteiger partial charge in [-0.1, -0.05) is 13.0 Å². The van der Waals surface area contributed by atoms with E-state index in [1.165, 1.54) is 6.07 Å². The molecule has 0 radical (unpaired) electrons. The first-order chi connectivity index (χ1) is 6.63. The van der Waals surface area contributed by atoms with E-state index in [0.717, 1.165) is 0 Å². The molecule has 78 valence electrons. The Bertz CT molecular complexity index is 299. The lowest BCUT2D eigenvalue weighted by Gasteiger charge is -2.09. The fourth-order valence-electron chi connectivity index (χ4n) is 1.08. The second-order valence-corrected chi connectivity index (χ2v) is 3.35. The second kappa shape index (κ2) is 4.94. The third-order valence-corrected chi connectivity index (χ3v) is 2.14. The zero-order chi connectivity index (χ0) is 10.6. The van der Waals surface area contributed by atoms with Crippen molar-refractivity contribution in [1.29, 1.82) is 0 Å². The van der Waals surface area contributed by atoms with Crippen molar-refractivity contribution in [2.75, 3.05) is 11.9 Å².